The van der Waals surface area contributed by atoms with Crippen LogP contribution in [0.25, 0.3) is 0 Å². The number of urea groups is 1. The zero-order valence-electron chi connectivity index (χ0n) is 12.6. The smallest absolute Gasteiger partial charge is 0.326 e. The number of hydrogen-bond acceptors (Lipinski definition) is 3. The number of anilines is 1. The Morgan fingerprint density at radius 2 is 2.05 bits per heavy atom. The first-order chi connectivity index (χ1) is 10.4. The summed E-state index contributed by atoms with van der Waals surface area (Å²) in [7, 11) is 3.23. The molecule has 1 aliphatic heterocycles. The average molecular weight is 305 g/mol. The molecule has 0 aliphatic carbocycles. The molecule has 1 fully saturated rings. The lowest BCUT2D eigenvalue weighted by Crippen LogP contribution is -2.40. The van der Waals surface area contributed by atoms with Crippen molar-refractivity contribution < 1.29 is 19.5 Å². The first-order valence-electron chi connectivity index (χ1n) is 7.02. The van der Waals surface area contributed by atoms with Crippen molar-refractivity contribution in [3.05, 3.63) is 29.8 Å². The topological polar surface area (TPSA) is 90.0 Å². The van der Waals surface area contributed by atoms with Gasteiger partial charge in [-0.2, -0.15) is 0 Å². The first kappa shape index (κ1) is 15.8. The highest BCUT2D eigenvalue weighted by atomic mass is 16.4. The van der Waals surface area contributed by atoms with E-state index in [0.29, 0.717) is 30.6 Å². The van der Waals surface area contributed by atoms with Gasteiger partial charge in [0.05, 0.1) is 0 Å². The molecule has 0 radical (unpaired) electrons. The molecule has 3 amide bonds. The summed E-state index contributed by atoms with van der Waals surface area (Å²) in [5, 5.41) is 11.8. The van der Waals surface area contributed by atoms with Crippen LogP contribution in [0.2, 0.25) is 0 Å². The Kier molecular flexibility index (Phi) is 4.65. The van der Waals surface area contributed by atoms with Gasteiger partial charge in [-0.25, -0.2) is 9.59 Å². The van der Waals surface area contributed by atoms with Crippen molar-refractivity contribution in [2.75, 3.05) is 26.0 Å². The molecule has 1 saturated heterocycles. The lowest BCUT2D eigenvalue weighted by Gasteiger charge is -2.21. The number of rotatable bonds is 3. The molecule has 7 heteroatoms. The summed E-state index contributed by atoms with van der Waals surface area (Å²) < 4.78 is 0. The number of carbonyl (C=O) groups is 3. The Bertz CT molecular complexity index is 600. The normalized spacial score (nSPS) is 17.2. The molecule has 0 aromatic heterocycles. The molecule has 7 nitrogen and oxygen atoms in total. The van der Waals surface area contributed by atoms with Gasteiger partial charge in [-0.15, -0.1) is 0 Å². The number of amides is 3. The Hall–Kier alpha value is -2.57. The van der Waals surface area contributed by atoms with E-state index < -0.39 is 12.0 Å². The van der Waals surface area contributed by atoms with E-state index >= 15 is 0 Å². The molecule has 2 N–H and O–H groups in total. The zero-order valence-corrected chi connectivity index (χ0v) is 12.6. The number of hydrogen-bond donors (Lipinski definition) is 2. The second kappa shape index (κ2) is 6.46. The highest BCUT2D eigenvalue weighted by Crippen LogP contribution is 2.21. The van der Waals surface area contributed by atoms with Gasteiger partial charge < -0.3 is 20.2 Å². The molecular weight excluding hydrogens is 286 g/mol. The molecule has 0 spiro atoms. The maximum absolute atomic E-state index is 12.5. The lowest BCUT2D eigenvalue weighted by atomic mass is 10.1. The molecule has 0 saturated carbocycles. The van der Waals surface area contributed by atoms with Crippen LogP contribution in [0.4, 0.5) is 10.5 Å². The number of benzene rings is 1. The third-order valence-corrected chi connectivity index (χ3v) is 3.57. The number of nitrogens with zero attached hydrogens (tertiary/aromatic N) is 2. The van der Waals surface area contributed by atoms with E-state index in [1.807, 2.05) is 0 Å². The fraction of sp³-hybridized carbons (Fsp3) is 0.400. The van der Waals surface area contributed by atoms with Gasteiger partial charge in [0, 0.05) is 31.9 Å². The van der Waals surface area contributed by atoms with Gasteiger partial charge in [0.1, 0.15) is 6.04 Å². The standard InChI is InChI=1S/C15H19N3O4/c1-17(2)15(22)16-11-6-3-5-10(9-11)13(19)18-8-4-7-12(18)14(20)21/h3,5-6,9,12H,4,7-8H2,1-2H3,(H,16,22)(H,20,21)/t12-/m0/s1. The van der Waals surface area contributed by atoms with Crippen LogP contribution in [0.1, 0.15) is 23.2 Å². The minimum absolute atomic E-state index is 0.297. The van der Waals surface area contributed by atoms with Crippen molar-refractivity contribution in [3.8, 4) is 0 Å². The SMILES string of the molecule is CN(C)C(=O)Nc1cccc(C(=O)N2CCC[C@H]2C(=O)O)c1. The molecule has 0 unspecified atom stereocenters. The largest absolute Gasteiger partial charge is 0.480 e. The average Bonchev–Trinajstić information content (AvgIpc) is 2.96. The predicted octanol–water partition coefficient (Wildman–Crippen LogP) is 1.47. The summed E-state index contributed by atoms with van der Waals surface area (Å²) in [6.45, 7) is 0.435. The molecule has 1 heterocycles. The van der Waals surface area contributed by atoms with Gasteiger partial charge in [-0.1, -0.05) is 6.07 Å². The summed E-state index contributed by atoms with van der Waals surface area (Å²) in [5.74, 6) is -1.31. The molecule has 1 aromatic carbocycles. The van der Waals surface area contributed by atoms with Gasteiger partial charge in [0.2, 0.25) is 0 Å². The molecule has 118 valence electrons. The number of carboxylic acids is 1. The lowest BCUT2D eigenvalue weighted by molar-refractivity contribution is -0.141. The molecule has 22 heavy (non-hydrogen) atoms. The van der Waals surface area contributed by atoms with E-state index in [1.54, 1.807) is 38.4 Å². The van der Waals surface area contributed by atoms with Crippen molar-refractivity contribution in [3.63, 3.8) is 0 Å². The van der Waals surface area contributed by atoms with E-state index in [9.17, 15) is 14.4 Å². The van der Waals surface area contributed by atoms with Crippen molar-refractivity contribution >= 4 is 23.6 Å². The summed E-state index contributed by atoms with van der Waals surface area (Å²) in [4.78, 5) is 38.0. The van der Waals surface area contributed by atoms with E-state index in [4.69, 9.17) is 5.11 Å². The first-order valence-corrected chi connectivity index (χ1v) is 7.02. The number of carbonyl (C=O) groups excluding carboxylic acids is 2. The van der Waals surface area contributed by atoms with Gasteiger partial charge in [-0.3, -0.25) is 4.79 Å². The summed E-state index contributed by atoms with van der Waals surface area (Å²) >= 11 is 0. The van der Waals surface area contributed by atoms with Crippen LogP contribution >= 0.6 is 0 Å². The number of carboxylic acid groups (broad SMARTS) is 1. The maximum Gasteiger partial charge on any atom is 0.326 e. The molecule has 1 aliphatic rings. The Balaban J connectivity index is 2.17. The van der Waals surface area contributed by atoms with E-state index in [0.717, 1.165) is 0 Å². The monoisotopic (exact) mass is 305 g/mol. The minimum Gasteiger partial charge on any atom is -0.480 e. The van der Waals surface area contributed by atoms with Crippen LogP contribution in [0.15, 0.2) is 24.3 Å². The molecule has 1 atom stereocenters. The van der Waals surface area contributed by atoms with Gasteiger partial charge in [0.15, 0.2) is 0 Å². The van der Waals surface area contributed by atoms with E-state index in [1.165, 1.54) is 9.80 Å². The minimum atomic E-state index is -0.983. The summed E-state index contributed by atoms with van der Waals surface area (Å²) in [5.41, 5.74) is 0.861. The summed E-state index contributed by atoms with van der Waals surface area (Å²) in [6, 6.07) is 5.44. The third kappa shape index (κ3) is 3.36. The quantitative estimate of drug-likeness (QED) is 0.885. The Morgan fingerprint density at radius 1 is 1.32 bits per heavy atom. The maximum atomic E-state index is 12.5. The highest BCUT2D eigenvalue weighted by Gasteiger charge is 2.34. The fourth-order valence-corrected chi connectivity index (χ4v) is 2.40. The van der Waals surface area contributed by atoms with Crippen LogP contribution in [0.5, 0.6) is 0 Å². The van der Waals surface area contributed by atoms with Crippen molar-refractivity contribution in [2.45, 2.75) is 18.9 Å². The Morgan fingerprint density at radius 3 is 2.68 bits per heavy atom. The number of likely N-dealkylation sites (tertiary alicyclic amines) is 1. The highest BCUT2D eigenvalue weighted by molar-refractivity contribution is 5.98. The molecule has 2 rings (SSSR count). The number of nitrogens with one attached hydrogen (secondary N) is 1. The van der Waals surface area contributed by atoms with E-state index in [-0.39, 0.29) is 11.9 Å². The molecule has 0 bridgehead atoms. The Labute approximate surface area is 128 Å². The summed E-state index contributed by atoms with van der Waals surface area (Å²) in [6.07, 6.45) is 1.15. The van der Waals surface area contributed by atoms with Crippen LogP contribution < -0.4 is 5.32 Å². The fourth-order valence-electron chi connectivity index (χ4n) is 2.40. The van der Waals surface area contributed by atoms with Crippen LogP contribution in [0, 0.1) is 0 Å². The van der Waals surface area contributed by atoms with E-state index in [2.05, 4.69) is 5.32 Å². The second-order valence-corrected chi connectivity index (χ2v) is 5.40. The van der Waals surface area contributed by atoms with Crippen molar-refractivity contribution in [2.24, 2.45) is 0 Å². The second-order valence-electron chi connectivity index (χ2n) is 5.40. The van der Waals surface area contributed by atoms with Crippen LogP contribution in [-0.4, -0.2) is 59.5 Å². The van der Waals surface area contributed by atoms with Crippen LogP contribution in [-0.2, 0) is 4.79 Å². The predicted molar refractivity (Wildman–Crippen MR) is 80.8 cm³/mol. The van der Waals surface area contributed by atoms with Crippen LogP contribution in [0.3, 0.4) is 0 Å². The van der Waals surface area contributed by atoms with Gasteiger partial charge in [0.25, 0.3) is 5.91 Å². The third-order valence-electron chi connectivity index (χ3n) is 3.57. The molecular formula is C15H19N3O4. The van der Waals surface area contributed by atoms with Crippen molar-refractivity contribution in [1.29, 1.82) is 0 Å². The van der Waals surface area contributed by atoms with Gasteiger partial charge in [-0.05, 0) is 31.0 Å². The van der Waals surface area contributed by atoms with Gasteiger partial charge >= 0.3 is 12.0 Å². The van der Waals surface area contributed by atoms with Crippen molar-refractivity contribution in [1.82, 2.24) is 9.80 Å². The zero-order chi connectivity index (χ0) is 16.3. The molecule has 1 aromatic rings. The number of aliphatic carboxylic acids is 1.